The van der Waals surface area contributed by atoms with Gasteiger partial charge in [0.05, 0.1) is 13.2 Å². The molecule has 2 saturated heterocycles. The fraction of sp³-hybridized carbons (Fsp3) is 1.00. The van der Waals surface area contributed by atoms with Gasteiger partial charge in [-0.1, -0.05) is 6.92 Å². The molecule has 2 fully saturated rings. The first-order chi connectivity index (χ1) is 7.68. The van der Waals surface area contributed by atoms with E-state index in [0.29, 0.717) is 5.92 Å². The molecule has 4 atom stereocenters. The summed E-state index contributed by atoms with van der Waals surface area (Å²) in [7, 11) is -1.96. The second kappa shape index (κ2) is 4.34. The smallest absolute Gasteiger partial charge is 0.187 e. The first kappa shape index (κ1) is 13.5. The molecule has 0 aromatic rings. The van der Waals surface area contributed by atoms with E-state index in [0.717, 1.165) is 12.6 Å². The molecule has 4 nitrogen and oxygen atoms in total. The maximum absolute atomic E-state index is 11.7. The Morgan fingerprint density at radius 2 is 1.88 bits per heavy atom. The summed E-state index contributed by atoms with van der Waals surface area (Å²) in [6, 6.07) is 0. The lowest BCUT2D eigenvalue weighted by Gasteiger charge is -2.24. The number of hydrogen-bond donors (Lipinski definition) is 0. The maximum Gasteiger partial charge on any atom is 0.187 e. The molecule has 17 heavy (non-hydrogen) atoms. The van der Waals surface area contributed by atoms with Crippen molar-refractivity contribution in [2.45, 2.75) is 51.5 Å². The highest BCUT2D eigenvalue weighted by Gasteiger charge is 2.52. The molecule has 0 aromatic carbocycles. The zero-order valence-electron chi connectivity index (χ0n) is 11.3. The van der Waals surface area contributed by atoms with E-state index in [1.54, 1.807) is 0 Å². The minimum atomic E-state index is -1.96. The first-order valence-corrected chi connectivity index (χ1v) is 9.02. The SMILES string of the molecule is C[C@H]1[C@H]2OC(C)(C)O[C@H]2O[C@@H]1CCP(C)(C)=O. The van der Waals surface area contributed by atoms with Crippen LogP contribution >= 0.6 is 7.14 Å². The minimum Gasteiger partial charge on any atom is -0.346 e. The number of rotatable bonds is 3. The Kier molecular flexibility index (Phi) is 3.46. The Balaban J connectivity index is 1.92. The molecular formula is C12H23O4P. The van der Waals surface area contributed by atoms with Gasteiger partial charge in [-0.3, -0.25) is 0 Å². The highest BCUT2D eigenvalue weighted by molar-refractivity contribution is 7.62. The van der Waals surface area contributed by atoms with Gasteiger partial charge in [0.25, 0.3) is 0 Å². The molecule has 2 aliphatic rings. The Bertz CT molecular complexity index is 335. The highest BCUT2D eigenvalue weighted by atomic mass is 31.2. The number of hydrogen-bond acceptors (Lipinski definition) is 4. The summed E-state index contributed by atoms with van der Waals surface area (Å²) in [6.07, 6.45) is 1.42. The third kappa shape index (κ3) is 3.11. The lowest BCUT2D eigenvalue weighted by molar-refractivity contribution is -0.209. The normalized spacial score (nSPS) is 40.5. The lowest BCUT2D eigenvalue weighted by Crippen LogP contribution is -2.29. The summed E-state index contributed by atoms with van der Waals surface area (Å²) in [6.45, 7) is 9.58. The zero-order valence-corrected chi connectivity index (χ0v) is 12.2. The van der Waals surface area contributed by atoms with Crippen molar-refractivity contribution in [2.75, 3.05) is 19.5 Å². The van der Waals surface area contributed by atoms with Crippen molar-refractivity contribution in [1.82, 2.24) is 0 Å². The van der Waals surface area contributed by atoms with Crippen LogP contribution in [-0.2, 0) is 18.8 Å². The third-order valence-corrected chi connectivity index (χ3v) is 4.79. The van der Waals surface area contributed by atoms with Crippen molar-refractivity contribution in [1.29, 1.82) is 0 Å². The van der Waals surface area contributed by atoms with E-state index in [-0.39, 0.29) is 18.5 Å². The van der Waals surface area contributed by atoms with Gasteiger partial charge in [-0.05, 0) is 33.6 Å². The predicted octanol–water partition coefficient (Wildman–Crippen LogP) is 2.51. The van der Waals surface area contributed by atoms with Crippen LogP contribution in [0, 0.1) is 5.92 Å². The van der Waals surface area contributed by atoms with Gasteiger partial charge in [-0.2, -0.15) is 0 Å². The third-order valence-electron chi connectivity index (χ3n) is 3.45. The Morgan fingerprint density at radius 3 is 2.41 bits per heavy atom. The van der Waals surface area contributed by atoms with Crippen molar-refractivity contribution in [3.63, 3.8) is 0 Å². The molecule has 2 aliphatic heterocycles. The van der Waals surface area contributed by atoms with Gasteiger partial charge in [0.15, 0.2) is 12.1 Å². The van der Waals surface area contributed by atoms with E-state index < -0.39 is 12.9 Å². The summed E-state index contributed by atoms with van der Waals surface area (Å²) in [5.74, 6) is -0.243. The molecular weight excluding hydrogens is 239 g/mol. The summed E-state index contributed by atoms with van der Waals surface area (Å²) in [5, 5.41) is 0. The van der Waals surface area contributed by atoms with E-state index in [9.17, 15) is 4.57 Å². The molecule has 0 amide bonds. The van der Waals surface area contributed by atoms with Gasteiger partial charge in [0.2, 0.25) is 0 Å². The average Bonchev–Trinajstić information content (AvgIpc) is 2.57. The molecule has 0 aliphatic carbocycles. The van der Waals surface area contributed by atoms with Gasteiger partial charge >= 0.3 is 0 Å². The fourth-order valence-corrected chi connectivity index (χ4v) is 3.37. The van der Waals surface area contributed by atoms with E-state index in [1.807, 2.05) is 27.2 Å². The van der Waals surface area contributed by atoms with E-state index in [2.05, 4.69) is 6.92 Å². The highest BCUT2D eigenvalue weighted by Crippen LogP contribution is 2.44. The van der Waals surface area contributed by atoms with Gasteiger partial charge in [-0.25, -0.2) is 0 Å². The average molecular weight is 262 g/mol. The van der Waals surface area contributed by atoms with Crippen LogP contribution in [0.25, 0.3) is 0 Å². The van der Waals surface area contributed by atoms with Crippen molar-refractivity contribution in [3.05, 3.63) is 0 Å². The fourth-order valence-electron chi connectivity index (χ4n) is 2.50. The van der Waals surface area contributed by atoms with Crippen LogP contribution in [0.3, 0.4) is 0 Å². The van der Waals surface area contributed by atoms with Crippen molar-refractivity contribution < 1.29 is 18.8 Å². The summed E-state index contributed by atoms with van der Waals surface area (Å²) in [5.41, 5.74) is 0. The van der Waals surface area contributed by atoms with E-state index in [1.165, 1.54) is 0 Å². The minimum absolute atomic E-state index is 0.0168. The van der Waals surface area contributed by atoms with E-state index in [4.69, 9.17) is 14.2 Å². The molecule has 0 radical (unpaired) electrons. The molecule has 5 heteroatoms. The molecule has 0 bridgehead atoms. The number of fused-ring (bicyclic) bond motifs is 1. The van der Waals surface area contributed by atoms with Crippen LogP contribution in [0.2, 0.25) is 0 Å². The largest absolute Gasteiger partial charge is 0.346 e. The second-order valence-corrected chi connectivity index (χ2v) is 9.68. The standard InChI is InChI=1S/C12H23O4P/c1-8-9(6-7-17(4,5)13)14-11-10(8)15-12(2,3)16-11/h8-11H,6-7H2,1-5H3/t8-,9-,10-,11-/m1/s1. The van der Waals surface area contributed by atoms with E-state index >= 15 is 0 Å². The van der Waals surface area contributed by atoms with Crippen molar-refractivity contribution >= 4 is 7.14 Å². The van der Waals surface area contributed by atoms with Crippen molar-refractivity contribution in [3.8, 4) is 0 Å². The zero-order chi connectivity index (χ0) is 12.8. The molecule has 0 aromatic heterocycles. The summed E-state index contributed by atoms with van der Waals surface area (Å²) < 4.78 is 29.1. The topological polar surface area (TPSA) is 44.8 Å². The van der Waals surface area contributed by atoms with Crippen LogP contribution < -0.4 is 0 Å². The maximum atomic E-state index is 11.7. The second-order valence-electron chi connectivity index (χ2n) is 6.09. The van der Waals surface area contributed by atoms with Gasteiger partial charge in [0.1, 0.15) is 6.10 Å². The molecule has 2 rings (SSSR count). The Hall–Kier alpha value is 0.110. The van der Waals surface area contributed by atoms with Crippen LogP contribution in [0.4, 0.5) is 0 Å². The molecule has 2 heterocycles. The first-order valence-electron chi connectivity index (χ1n) is 6.23. The van der Waals surface area contributed by atoms with Gasteiger partial charge in [-0.15, -0.1) is 0 Å². The molecule has 0 unspecified atom stereocenters. The predicted molar refractivity (Wildman–Crippen MR) is 66.8 cm³/mol. The monoisotopic (exact) mass is 262 g/mol. The van der Waals surface area contributed by atoms with Crippen LogP contribution in [0.5, 0.6) is 0 Å². The summed E-state index contributed by atoms with van der Waals surface area (Å²) >= 11 is 0. The molecule has 0 saturated carbocycles. The number of ether oxygens (including phenoxy) is 3. The lowest BCUT2D eigenvalue weighted by atomic mass is 9.99. The van der Waals surface area contributed by atoms with Crippen LogP contribution in [0.1, 0.15) is 27.2 Å². The molecule has 100 valence electrons. The van der Waals surface area contributed by atoms with Gasteiger partial charge < -0.3 is 18.8 Å². The quantitative estimate of drug-likeness (QED) is 0.733. The molecule has 0 N–H and O–H groups in total. The van der Waals surface area contributed by atoms with Gasteiger partial charge in [0, 0.05) is 12.1 Å². The Morgan fingerprint density at radius 1 is 1.24 bits per heavy atom. The van der Waals surface area contributed by atoms with Crippen molar-refractivity contribution in [2.24, 2.45) is 5.92 Å². The Labute approximate surface area is 103 Å². The molecule has 0 spiro atoms. The van der Waals surface area contributed by atoms with Crippen LogP contribution in [0.15, 0.2) is 0 Å². The van der Waals surface area contributed by atoms with Crippen LogP contribution in [-0.4, -0.2) is 43.8 Å². The summed E-state index contributed by atoms with van der Waals surface area (Å²) in [4.78, 5) is 0.